The zero-order valence-electron chi connectivity index (χ0n) is 10.2. The molecule has 4 aliphatic rings. The predicted molar refractivity (Wildman–Crippen MR) is 71.0 cm³/mol. The van der Waals surface area contributed by atoms with Crippen molar-refractivity contribution in [3.05, 3.63) is 58.7 Å². The Morgan fingerprint density at radius 1 is 0.611 bits per heavy atom. The highest BCUT2D eigenvalue weighted by atomic mass is 16.3. The van der Waals surface area contributed by atoms with Gasteiger partial charge < -0.3 is 10.2 Å². The van der Waals surface area contributed by atoms with Crippen molar-refractivity contribution < 1.29 is 10.2 Å². The molecule has 4 bridgehead atoms. The summed E-state index contributed by atoms with van der Waals surface area (Å²) in [5.74, 6) is 0.754. The minimum Gasteiger partial charge on any atom is -0.508 e. The second-order valence-electron chi connectivity index (χ2n) is 4.93. The zero-order chi connectivity index (χ0) is 12.5. The number of benzene rings is 2. The van der Waals surface area contributed by atoms with Crippen molar-refractivity contribution >= 4 is 0 Å². The third kappa shape index (κ3) is 2.06. The molecule has 0 saturated carbocycles. The second kappa shape index (κ2) is 4.37. The maximum atomic E-state index is 9.96. The van der Waals surface area contributed by atoms with Crippen molar-refractivity contribution in [1.29, 1.82) is 0 Å². The number of rotatable bonds is 0. The van der Waals surface area contributed by atoms with Gasteiger partial charge in [0.2, 0.25) is 0 Å². The fraction of sp³-hybridized carbons (Fsp3) is 0.250. The highest BCUT2D eigenvalue weighted by molar-refractivity contribution is 5.41. The summed E-state index contributed by atoms with van der Waals surface area (Å²) < 4.78 is 0. The van der Waals surface area contributed by atoms with Crippen LogP contribution in [0.5, 0.6) is 11.5 Å². The molecule has 92 valence electrons. The number of aryl methyl sites for hydroxylation is 4. The van der Waals surface area contributed by atoms with Gasteiger partial charge in [-0.1, -0.05) is 24.3 Å². The monoisotopic (exact) mass is 240 g/mol. The molecule has 0 fully saturated rings. The quantitative estimate of drug-likeness (QED) is 0.743. The van der Waals surface area contributed by atoms with E-state index < -0.39 is 0 Å². The average molecular weight is 240 g/mol. The molecule has 0 aromatic heterocycles. The number of hydrogen-bond acceptors (Lipinski definition) is 2. The number of phenols is 2. The SMILES string of the molecule is Oc1cc2ccc1CCc1ccc(cc1O)CC2. The Kier molecular flexibility index (Phi) is 2.71. The minimum atomic E-state index is 0.377. The summed E-state index contributed by atoms with van der Waals surface area (Å²) in [5, 5.41) is 19.9. The maximum Gasteiger partial charge on any atom is 0.119 e. The number of hydrogen-bond donors (Lipinski definition) is 2. The number of phenolic OH excluding ortho intramolecular Hbond substituents is 2. The Morgan fingerprint density at radius 3 is 1.44 bits per heavy atom. The van der Waals surface area contributed by atoms with Gasteiger partial charge in [0.15, 0.2) is 0 Å². The number of aromatic hydroxyl groups is 2. The average Bonchev–Trinajstić information content (AvgIpc) is 2.34. The van der Waals surface area contributed by atoms with E-state index in [4.69, 9.17) is 0 Å². The molecule has 0 aliphatic heterocycles. The molecule has 0 spiro atoms. The van der Waals surface area contributed by atoms with E-state index in [0.29, 0.717) is 11.5 Å². The molecule has 2 heteroatoms. The summed E-state index contributed by atoms with van der Waals surface area (Å²) in [6.45, 7) is 0. The van der Waals surface area contributed by atoms with Crippen LogP contribution in [0.25, 0.3) is 0 Å². The third-order valence-electron chi connectivity index (χ3n) is 3.67. The van der Waals surface area contributed by atoms with E-state index in [1.165, 1.54) is 0 Å². The molecule has 0 radical (unpaired) electrons. The van der Waals surface area contributed by atoms with E-state index in [0.717, 1.165) is 47.9 Å². The van der Waals surface area contributed by atoms with Crippen LogP contribution in [0.1, 0.15) is 22.3 Å². The molecule has 0 atom stereocenters. The van der Waals surface area contributed by atoms with Gasteiger partial charge >= 0.3 is 0 Å². The molecule has 2 nitrogen and oxygen atoms in total. The topological polar surface area (TPSA) is 40.5 Å². The van der Waals surface area contributed by atoms with Gasteiger partial charge in [-0.05, 0) is 60.1 Å². The van der Waals surface area contributed by atoms with Crippen molar-refractivity contribution in [3.63, 3.8) is 0 Å². The minimum absolute atomic E-state index is 0.377. The molecule has 0 saturated heterocycles. The first kappa shape index (κ1) is 11.1. The van der Waals surface area contributed by atoms with E-state index >= 15 is 0 Å². The van der Waals surface area contributed by atoms with Gasteiger partial charge in [-0.15, -0.1) is 0 Å². The van der Waals surface area contributed by atoms with Gasteiger partial charge in [0, 0.05) is 0 Å². The van der Waals surface area contributed by atoms with Crippen molar-refractivity contribution in [1.82, 2.24) is 0 Å². The van der Waals surface area contributed by atoms with Crippen LogP contribution < -0.4 is 0 Å². The molecular weight excluding hydrogens is 224 g/mol. The predicted octanol–water partition coefficient (Wildman–Crippen LogP) is 2.98. The second-order valence-corrected chi connectivity index (χ2v) is 4.93. The maximum absolute atomic E-state index is 9.96. The first-order valence-electron chi connectivity index (χ1n) is 6.34. The van der Waals surface area contributed by atoms with Crippen molar-refractivity contribution in [2.75, 3.05) is 0 Å². The fourth-order valence-corrected chi connectivity index (χ4v) is 2.51. The molecule has 18 heavy (non-hydrogen) atoms. The summed E-state index contributed by atoms with van der Waals surface area (Å²) in [5.41, 5.74) is 4.17. The highest BCUT2D eigenvalue weighted by Gasteiger charge is 2.09. The molecule has 0 heterocycles. The molecule has 0 unspecified atom stereocenters. The molecule has 0 amide bonds. The van der Waals surface area contributed by atoms with Crippen LogP contribution in [0.3, 0.4) is 0 Å². The van der Waals surface area contributed by atoms with E-state index in [1.54, 1.807) is 0 Å². The van der Waals surface area contributed by atoms with Crippen LogP contribution >= 0.6 is 0 Å². The lowest BCUT2D eigenvalue weighted by molar-refractivity contribution is 0.460. The smallest absolute Gasteiger partial charge is 0.119 e. The van der Waals surface area contributed by atoms with E-state index in [-0.39, 0.29) is 0 Å². The van der Waals surface area contributed by atoms with Crippen LogP contribution in [-0.2, 0) is 25.7 Å². The van der Waals surface area contributed by atoms with Gasteiger partial charge in [-0.3, -0.25) is 0 Å². The molecule has 2 N–H and O–H groups in total. The lowest BCUT2D eigenvalue weighted by Crippen LogP contribution is -1.98. The Balaban J connectivity index is 2.04. The van der Waals surface area contributed by atoms with Crippen LogP contribution in [-0.4, -0.2) is 10.2 Å². The van der Waals surface area contributed by atoms with Crippen molar-refractivity contribution in [2.24, 2.45) is 0 Å². The molecule has 4 aliphatic carbocycles. The van der Waals surface area contributed by atoms with Crippen LogP contribution in [0, 0.1) is 0 Å². The molecule has 2 aromatic carbocycles. The Labute approximate surface area is 107 Å². The Bertz CT molecular complexity index is 534. The molecular formula is C16H16O2. The summed E-state index contributed by atoms with van der Waals surface area (Å²) in [7, 11) is 0. The third-order valence-corrected chi connectivity index (χ3v) is 3.67. The van der Waals surface area contributed by atoms with Gasteiger partial charge in [0.05, 0.1) is 0 Å². The largest absolute Gasteiger partial charge is 0.508 e. The summed E-state index contributed by atoms with van der Waals surface area (Å²) in [4.78, 5) is 0. The molecule has 2 aromatic rings. The summed E-state index contributed by atoms with van der Waals surface area (Å²) >= 11 is 0. The van der Waals surface area contributed by atoms with Gasteiger partial charge in [0.1, 0.15) is 11.5 Å². The van der Waals surface area contributed by atoms with Gasteiger partial charge in [0.25, 0.3) is 0 Å². The zero-order valence-corrected chi connectivity index (χ0v) is 10.2. The van der Waals surface area contributed by atoms with Crippen LogP contribution in [0.2, 0.25) is 0 Å². The first-order valence-corrected chi connectivity index (χ1v) is 6.34. The summed E-state index contributed by atoms with van der Waals surface area (Å²) in [6, 6.07) is 11.9. The fourth-order valence-electron chi connectivity index (χ4n) is 2.51. The van der Waals surface area contributed by atoms with Crippen LogP contribution in [0.4, 0.5) is 0 Å². The van der Waals surface area contributed by atoms with E-state index in [9.17, 15) is 10.2 Å². The standard InChI is InChI=1S/C16H16O2/c17-15-9-11-1-2-12-4-6-14(16(18)10-12)8-7-13(15)5-3-11/h3-6,9-10,17-18H,1-2,7-8H2. The lowest BCUT2D eigenvalue weighted by atomic mass is 9.95. The molecule has 6 rings (SSSR count). The van der Waals surface area contributed by atoms with Gasteiger partial charge in [-0.2, -0.15) is 0 Å². The Morgan fingerprint density at radius 2 is 1.06 bits per heavy atom. The highest BCUT2D eigenvalue weighted by Crippen LogP contribution is 2.26. The van der Waals surface area contributed by atoms with Crippen molar-refractivity contribution in [2.45, 2.75) is 25.7 Å². The van der Waals surface area contributed by atoms with E-state index in [1.807, 2.05) is 24.3 Å². The summed E-state index contributed by atoms with van der Waals surface area (Å²) in [6.07, 6.45) is 3.26. The Hall–Kier alpha value is -1.96. The normalized spacial score (nSPS) is 14.2. The van der Waals surface area contributed by atoms with Crippen molar-refractivity contribution in [3.8, 4) is 11.5 Å². The van der Waals surface area contributed by atoms with E-state index in [2.05, 4.69) is 12.1 Å². The van der Waals surface area contributed by atoms with Gasteiger partial charge in [-0.25, -0.2) is 0 Å². The lowest BCUT2D eigenvalue weighted by Gasteiger charge is -2.12. The van der Waals surface area contributed by atoms with Crippen LogP contribution in [0.15, 0.2) is 36.4 Å². The first-order chi connectivity index (χ1) is 8.72.